The smallest absolute Gasteiger partial charge is 0.426 e. The fourth-order valence-electron chi connectivity index (χ4n) is 1.20. The monoisotopic (exact) mass is 264 g/mol. The van der Waals surface area contributed by atoms with Gasteiger partial charge in [0.1, 0.15) is 12.4 Å². The number of hydrogen-bond donors (Lipinski definition) is 2. The van der Waals surface area contributed by atoms with Crippen molar-refractivity contribution in [2.75, 3.05) is 13.2 Å². The van der Waals surface area contributed by atoms with Crippen LogP contribution in [0.3, 0.4) is 0 Å². The molecule has 0 aromatic heterocycles. The molecular formula is C13H16N2O4. The summed E-state index contributed by atoms with van der Waals surface area (Å²) in [6, 6.07) is 6.48. The highest BCUT2D eigenvalue weighted by atomic mass is 16.6. The fraction of sp³-hybridized carbons (Fsp3) is 0.231. The average Bonchev–Trinajstić information content (AvgIpc) is 2.43. The Labute approximate surface area is 111 Å². The van der Waals surface area contributed by atoms with Crippen LogP contribution in [0.1, 0.15) is 17.3 Å². The summed E-state index contributed by atoms with van der Waals surface area (Å²) >= 11 is 0. The van der Waals surface area contributed by atoms with Gasteiger partial charge >= 0.3 is 6.09 Å². The second-order valence-electron chi connectivity index (χ2n) is 3.42. The van der Waals surface area contributed by atoms with E-state index in [1.165, 1.54) is 0 Å². The van der Waals surface area contributed by atoms with Crippen molar-refractivity contribution in [3.63, 3.8) is 0 Å². The third-order valence-electron chi connectivity index (χ3n) is 2.04. The van der Waals surface area contributed by atoms with Gasteiger partial charge in [-0.1, -0.05) is 12.7 Å². The first-order valence-electron chi connectivity index (χ1n) is 5.74. The van der Waals surface area contributed by atoms with Crippen molar-refractivity contribution in [3.8, 4) is 5.75 Å². The molecule has 1 aromatic carbocycles. The number of carbonyl (C=O) groups is 2. The molecule has 0 aliphatic heterocycles. The molecular weight excluding hydrogens is 248 g/mol. The van der Waals surface area contributed by atoms with E-state index in [-0.39, 0.29) is 6.61 Å². The Bertz CT molecular complexity index is 442. The summed E-state index contributed by atoms with van der Waals surface area (Å²) in [5, 5.41) is 0. The SMILES string of the molecule is C=CCOc1ccc(C(=O)NNC(=O)OCC)cc1. The van der Waals surface area contributed by atoms with Crippen LogP contribution in [-0.2, 0) is 4.74 Å². The third kappa shape index (κ3) is 5.12. The van der Waals surface area contributed by atoms with Gasteiger partial charge in [-0.2, -0.15) is 0 Å². The molecule has 6 nitrogen and oxygen atoms in total. The Morgan fingerprint density at radius 3 is 2.53 bits per heavy atom. The second kappa shape index (κ2) is 7.75. The van der Waals surface area contributed by atoms with Gasteiger partial charge in [-0.05, 0) is 31.2 Å². The lowest BCUT2D eigenvalue weighted by atomic mass is 10.2. The molecule has 0 fully saturated rings. The van der Waals surface area contributed by atoms with E-state index in [2.05, 4.69) is 22.2 Å². The van der Waals surface area contributed by atoms with Crippen LogP contribution in [0.15, 0.2) is 36.9 Å². The molecule has 0 saturated carbocycles. The number of rotatable bonds is 5. The van der Waals surface area contributed by atoms with E-state index < -0.39 is 12.0 Å². The van der Waals surface area contributed by atoms with Gasteiger partial charge in [-0.15, -0.1) is 0 Å². The Kier molecular flexibility index (Phi) is 5.94. The van der Waals surface area contributed by atoms with Gasteiger partial charge < -0.3 is 9.47 Å². The van der Waals surface area contributed by atoms with Gasteiger partial charge in [-0.25, -0.2) is 10.2 Å². The number of nitrogens with one attached hydrogen (secondary N) is 2. The molecule has 1 aromatic rings. The topological polar surface area (TPSA) is 76.7 Å². The van der Waals surface area contributed by atoms with Gasteiger partial charge in [-0.3, -0.25) is 10.2 Å². The summed E-state index contributed by atoms with van der Waals surface area (Å²) in [7, 11) is 0. The highest BCUT2D eigenvalue weighted by molar-refractivity contribution is 5.95. The zero-order valence-electron chi connectivity index (χ0n) is 10.6. The minimum absolute atomic E-state index is 0.233. The predicted octanol–water partition coefficient (Wildman–Crippen LogP) is 1.64. The van der Waals surface area contributed by atoms with Crippen LogP contribution < -0.4 is 15.6 Å². The molecule has 102 valence electrons. The summed E-state index contributed by atoms with van der Waals surface area (Å²) in [6.45, 7) is 5.84. The van der Waals surface area contributed by atoms with E-state index in [0.29, 0.717) is 17.9 Å². The minimum Gasteiger partial charge on any atom is -0.490 e. The Balaban J connectivity index is 2.48. The number of hydrazine groups is 1. The normalized spacial score (nSPS) is 9.32. The Morgan fingerprint density at radius 2 is 1.95 bits per heavy atom. The number of hydrogen-bond acceptors (Lipinski definition) is 4. The van der Waals surface area contributed by atoms with Crippen molar-refractivity contribution in [1.29, 1.82) is 0 Å². The highest BCUT2D eigenvalue weighted by Gasteiger charge is 2.07. The van der Waals surface area contributed by atoms with Crippen molar-refractivity contribution in [2.24, 2.45) is 0 Å². The molecule has 0 unspecified atom stereocenters. The van der Waals surface area contributed by atoms with Crippen molar-refractivity contribution in [1.82, 2.24) is 10.9 Å². The van der Waals surface area contributed by atoms with Gasteiger partial charge in [0.25, 0.3) is 5.91 Å². The zero-order valence-corrected chi connectivity index (χ0v) is 10.6. The lowest BCUT2D eigenvalue weighted by molar-refractivity contribution is 0.0912. The minimum atomic E-state index is -0.707. The molecule has 2 amide bonds. The van der Waals surface area contributed by atoms with Crippen molar-refractivity contribution in [3.05, 3.63) is 42.5 Å². The fourth-order valence-corrected chi connectivity index (χ4v) is 1.20. The van der Waals surface area contributed by atoms with E-state index >= 15 is 0 Å². The first-order valence-corrected chi connectivity index (χ1v) is 5.74. The molecule has 1 rings (SSSR count). The van der Waals surface area contributed by atoms with Crippen molar-refractivity contribution < 1.29 is 19.1 Å². The molecule has 0 bridgehead atoms. The van der Waals surface area contributed by atoms with Crippen molar-refractivity contribution >= 4 is 12.0 Å². The third-order valence-corrected chi connectivity index (χ3v) is 2.04. The van der Waals surface area contributed by atoms with E-state index in [9.17, 15) is 9.59 Å². The number of carbonyl (C=O) groups excluding carboxylic acids is 2. The number of amides is 2. The molecule has 0 heterocycles. The molecule has 2 N–H and O–H groups in total. The summed E-state index contributed by atoms with van der Waals surface area (Å²) in [4.78, 5) is 22.6. The van der Waals surface area contributed by atoms with E-state index in [4.69, 9.17) is 4.74 Å². The molecule has 6 heteroatoms. The van der Waals surface area contributed by atoms with Crippen molar-refractivity contribution in [2.45, 2.75) is 6.92 Å². The maximum Gasteiger partial charge on any atom is 0.426 e. The summed E-state index contributed by atoms with van der Waals surface area (Å²) < 4.78 is 9.88. The maximum absolute atomic E-state index is 11.6. The number of ether oxygens (including phenoxy) is 2. The molecule has 0 saturated heterocycles. The van der Waals surface area contributed by atoms with Gasteiger partial charge in [0.05, 0.1) is 6.61 Å². The van der Waals surface area contributed by atoms with Crippen LogP contribution in [0, 0.1) is 0 Å². The van der Waals surface area contributed by atoms with Crippen LogP contribution in [0.2, 0.25) is 0 Å². The summed E-state index contributed by atoms with van der Waals surface area (Å²) in [5.41, 5.74) is 4.74. The standard InChI is InChI=1S/C13H16N2O4/c1-3-9-19-11-7-5-10(6-8-11)12(16)14-15-13(17)18-4-2/h3,5-8H,1,4,9H2,2H3,(H,14,16)(H,15,17). The average molecular weight is 264 g/mol. The second-order valence-corrected chi connectivity index (χ2v) is 3.42. The molecule has 0 aliphatic rings. The van der Waals surface area contributed by atoms with Crippen LogP contribution in [-0.4, -0.2) is 25.2 Å². The summed E-state index contributed by atoms with van der Waals surface area (Å²) in [5.74, 6) is 0.193. The summed E-state index contributed by atoms with van der Waals surface area (Å²) in [6.07, 6.45) is 0.922. The molecule has 0 radical (unpaired) electrons. The molecule has 19 heavy (non-hydrogen) atoms. The number of benzene rings is 1. The van der Waals surface area contributed by atoms with Gasteiger partial charge in [0, 0.05) is 5.56 Å². The van der Waals surface area contributed by atoms with Crippen LogP contribution in [0.25, 0.3) is 0 Å². The largest absolute Gasteiger partial charge is 0.490 e. The van der Waals surface area contributed by atoms with Gasteiger partial charge in [0.15, 0.2) is 0 Å². The van der Waals surface area contributed by atoms with E-state index in [0.717, 1.165) is 0 Å². The van der Waals surface area contributed by atoms with Crippen LogP contribution in [0.5, 0.6) is 5.75 Å². The zero-order chi connectivity index (χ0) is 14.1. The predicted molar refractivity (Wildman–Crippen MR) is 69.8 cm³/mol. The highest BCUT2D eigenvalue weighted by Crippen LogP contribution is 2.11. The Morgan fingerprint density at radius 1 is 1.26 bits per heavy atom. The first-order chi connectivity index (χ1) is 9.17. The quantitative estimate of drug-likeness (QED) is 0.626. The lowest BCUT2D eigenvalue weighted by Crippen LogP contribution is -2.41. The van der Waals surface area contributed by atoms with Crippen LogP contribution >= 0.6 is 0 Å². The van der Waals surface area contributed by atoms with E-state index in [1.54, 1.807) is 37.3 Å². The maximum atomic E-state index is 11.6. The molecule has 0 atom stereocenters. The molecule has 0 spiro atoms. The van der Waals surface area contributed by atoms with E-state index in [1.807, 2.05) is 0 Å². The molecule has 0 aliphatic carbocycles. The lowest BCUT2D eigenvalue weighted by Gasteiger charge is -2.08. The first kappa shape index (κ1) is 14.6. The Hall–Kier alpha value is -2.50. The van der Waals surface area contributed by atoms with Gasteiger partial charge in [0.2, 0.25) is 0 Å². The van der Waals surface area contributed by atoms with Crippen LogP contribution in [0.4, 0.5) is 4.79 Å².